The second kappa shape index (κ2) is 8.06. The van der Waals surface area contributed by atoms with E-state index in [4.69, 9.17) is 4.74 Å². The molecule has 0 saturated carbocycles. The molecule has 1 saturated heterocycles. The van der Waals surface area contributed by atoms with Gasteiger partial charge in [-0.2, -0.15) is 0 Å². The van der Waals surface area contributed by atoms with Crippen LogP contribution in [0.2, 0.25) is 0 Å². The maximum absolute atomic E-state index is 13.3. The minimum Gasteiger partial charge on any atom is -0.492 e. The first-order valence-electron chi connectivity index (χ1n) is 9.32. The van der Waals surface area contributed by atoms with Gasteiger partial charge < -0.3 is 10.1 Å². The van der Waals surface area contributed by atoms with Crippen LogP contribution in [0.4, 0.5) is 20.2 Å². The Balaban J connectivity index is 1.33. The second-order valence-corrected chi connectivity index (χ2v) is 7.01. The van der Waals surface area contributed by atoms with E-state index in [2.05, 4.69) is 15.2 Å². The van der Waals surface area contributed by atoms with Crippen molar-refractivity contribution in [3.05, 3.63) is 53.8 Å². The molecule has 0 aliphatic carbocycles. The molecule has 1 fully saturated rings. The number of hydrogen-bond donors (Lipinski definition) is 1. The third-order valence-electron chi connectivity index (χ3n) is 4.99. The molecule has 2 unspecified atom stereocenters. The maximum atomic E-state index is 13.3. The van der Waals surface area contributed by atoms with E-state index < -0.39 is 12.1 Å². The third-order valence-corrected chi connectivity index (χ3v) is 4.99. The molecule has 2 heterocycles. The van der Waals surface area contributed by atoms with E-state index >= 15 is 0 Å². The highest BCUT2D eigenvalue weighted by molar-refractivity contribution is 6.12. The first-order valence-corrected chi connectivity index (χ1v) is 9.32. The molecule has 146 valence electrons. The van der Waals surface area contributed by atoms with Crippen LogP contribution in [0.25, 0.3) is 0 Å². The first kappa shape index (κ1) is 18.6. The molecule has 28 heavy (non-hydrogen) atoms. The molecule has 0 radical (unpaired) electrons. The summed E-state index contributed by atoms with van der Waals surface area (Å²) in [4.78, 5) is 18.5. The van der Waals surface area contributed by atoms with E-state index in [1.165, 1.54) is 12.1 Å². The molecular weight excluding hydrogens is 364 g/mol. The number of carbonyl (C=O) groups is 1. The van der Waals surface area contributed by atoms with E-state index in [-0.39, 0.29) is 11.7 Å². The van der Waals surface area contributed by atoms with Gasteiger partial charge in [0, 0.05) is 31.5 Å². The van der Waals surface area contributed by atoms with Crippen molar-refractivity contribution < 1.29 is 18.3 Å². The Kier molecular flexibility index (Phi) is 5.34. The largest absolute Gasteiger partial charge is 0.492 e. The van der Waals surface area contributed by atoms with Crippen LogP contribution in [0.1, 0.15) is 17.9 Å². The summed E-state index contributed by atoms with van der Waals surface area (Å²) < 4.78 is 32.1. The van der Waals surface area contributed by atoms with Crippen molar-refractivity contribution in [1.29, 1.82) is 0 Å². The molecule has 2 aromatic carbocycles. The smallest absolute Gasteiger partial charge is 0.237 e. The molecule has 0 aromatic heterocycles. The average molecular weight is 385 g/mol. The van der Waals surface area contributed by atoms with Gasteiger partial charge in [0.25, 0.3) is 0 Å². The number of fused-ring (bicyclic) bond motifs is 1. The van der Waals surface area contributed by atoms with Crippen LogP contribution in [0.15, 0.2) is 47.5 Å². The van der Waals surface area contributed by atoms with Crippen molar-refractivity contribution in [2.45, 2.75) is 18.5 Å². The quantitative estimate of drug-likeness (QED) is 0.772. The number of ether oxygens (including phenoxy) is 1. The van der Waals surface area contributed by atoms with Gasteiger partial charge in [-0.3, -0.25) is 14.7 Å². The summed E-state index contributed by atoms with van der Waals surface area (Å²) >= 11 is 0. The fraction of sp³-hybridized carbons (Fsp3) is 0.333. The Hall–Kier alpha value is -2.80. The van der Waals surface area contributed by atoms with Crippen LogP contribution in [-0.4, -0.2) is 49.4 Å². The lowest BCUT2D eigenvalue weighted by Gasteiger charge is -2.14. The Labute approximate surface area is 162 Å². The lowest BCUT2D eigenvalue weighted by atomic mass is 10.0. The zero-order valence-electron chi connectivity index (χ0n) is 15.3. The lowest BCUT2D eigenvalue weighted by molar-refractivity contribution is -0.115. The van der Waals surface area contributed by atoms with Crippen LogP contribution in [0.5, 0.6) is 5.75 Å². The van der Waals surface area contributed by atoms with Gasteiger partial charge >= 0.3 is 0 Å². The lowest BCUT2D eigenvalue weighted by Crippen LogP contribution is -2.26. The molecule has 1 amide bonds. The predicted octanol–water partition coefficient (Wildman–Crippen LogP) is 3.69. The number of rotatable bonds is 6. The Morgan fingerprint density at radius 1 is 1.25 bits per heavy atom. The number of alkyl halides is 1. The second-order valence-electron chi connectivity index (χ2n) is 7.01. The molecular formula is C21H21F2N3O2. The average Bonchev–Trinajstić information content (AvgIpc) is 3.23. The van der Waals surface area contributed by atoms with Crippen molar-refractivity contribution in [2.24, 2.45) is 4.99 Å². The van der Waals surface area contributed by atoms with E-state index in [9.17, 15) is 13.6 Å². The van der Waals surface area contributed by atoms with Gasteiger partial charge in [0.2, 0.25) is 5.91 Å². The molecule has 0 bridgehead atoms. The molecule has 0 spiro atoms. The van der Waals surface area contributed by atoms with Crippen molar-refractivity contribution in [1.82, 2.24) is 4.90 Å². The highest BCUT2D eigenvalue weighted by atomic mass is 19.1. The summed E-state index contributed by atoms with van der Waals surface area (Å²) in [6.45, 7) is 2.48. The van der Waals surface area contributed by atoms with Crippen molar-refractivity contribution in [2.75, 3.05) is 31.6 Å². The highest BCUT2D eigenvalue weighted by Crippen LogP contribution is 2.32. The Morgan fingerprint density at radius 2 is 2.07 bits per heavy atom. The fourth-order valence-electron chi connectivity index (χ4n) is 3.48. The standard InChI is InChI=1S/C21H21F2N3O2/c22-14-1-6-18-19(21(27)25-20(18)11-14)12-24-16-2-4-17(5-3-16)28-10-9-26-8-7-15(23)13-26/h1-6,11-12,15,19H,7-10,13H2,(H,25,27). The number of benzene rings is 2. The number of hydrogen-bond acceptors (Lipinski definition) is 4. The summed E-state index contributed by atoms with van der Waals surface area (Å²) in [7, 11) is 0. The predicted molar refractivity (Wildman–Crippen MR) is 104 cm³/mol. The monoisotopic (exact) mass is 385 g/mol. The van der Waals surface area contributed by atoms with Crippen molar-refractivity contribution >= 4 is 23.5 Å². The van der Waals surface area contributed by atoms with Gasteiger partial charge in [0.1, 0.15) is 30.3 Å². The molecule has 5 nitrogen and oxygen atoms in total. The van der Waals surface area contributed by atoms with Gasteiger partial charge in [-0.15, -0.1) is 0 Å². The van der Waals surface area contributed by atoms with Gasteiger partial charge in [0.05, 0.1) is 5.69 Å². The van der Waals surface area contributed by atoms with Crippen LogP contribution in [0.3, 0.4) is 0 Å². The van der Waals surface area contributed by atoms with E-state index in [0.717, 1.165) is 12.3 Å². The van der Waals surface area contributed by atoms with E-state index in [1.54, 1.807) is 24.4 Å². The number of likely N-dealkylation sites (tertiary alicyclic amines) is 1. The Morgan fingerprint density at radius 3 is 2.82 bits per heavy atom. The summed E-state index contributed by atoms with van der Waals surface area (Å²) in [5, 5.41) is 2.67. The van der Waals surface area contributed by atoms with Crippen LogP contribution >= 0.6 is 0 Å². The molecule has 2 aromatic rings. The zero-order chi connectivity index (χ0) is 19.5. The van der Waals surface area contributed by atoms with E-state index in [0.29, 0.717) is 43.1 Å². The normalized spacial score (nSPS) is 21.9. The number of amides is 1. The maximum Gasteiger partial charge on any atom is 0.237 e. The molecule has 4 rings (SSSR count). The van der Waals surface area contributed by atoms with Gasteiger partial charge in [-0.25, -0.2) is 8.78 Å². The topological polar surface area (TPSA) is 53.9 Å². The zero-order valence-corrected chi connectivity index (χ0v) is 15.3. The third kappa shape index (κ3) is 4.20. The Bertz CT molecular complexity index is 886. The molecule has 2 aliphatic rings. The minimum absolute atomic E-state index is 0.221. The van der Waals surface area contributed by atoms with E-state index in [1.807, 2.05) is 12.1 Å². The summed E-state index contributed by atoms with van der Waals surface area (Å²) in [5.41, 5.74) is 1.89. The number of carbonyl (C=O) groups excluding carboxylic acids is 1. The SMILES string of the molecule is O=C1Nc2cc(F)ccc2C1C=Nc1ccc(OCCN2CCC(F)C2)cc1. The van der Waals surface area contributed by atoms with Gasteiger partial charge in [0.15, 0.2) is 0 Å². The van der Waals surface area contributed by atoms with Crippen LogP contribution in [0, 0.1) is 5.82 Å². The molecule has 2 atom stereocenters. The van der Waals surface area contributed by atoms with Gasteiger partial charge in [-0.05, 0) is 48.4 Å². The van der Waals surface area contributed by atoms with Crippen LogP contribution in [-0.2, 0) is 4.79 Å². The number of anilines is 1. The fourth-order valence-corrected chi connectivity index (χ4v) is 3.48. The summed E-state index contributed by atoms with van der Waals surface area (Å²) in [5.74, 6) is -0.427. The number of aliphatic imine (C=N–C) groups is 1. The highest BCUT2D eigenvalue weighted by Gasteiger charge is 2.29. The van der Waals surface area contributed by atoms with Gasteiger partial charge in [-0.1, -0.05) is 6.07 Å². The molecule has 1 N–H and O–H groups in total. The van der Waals surface area contributed by atoms with Crippen molar-refractivity contribution in [3.63, 3.8) is 0 Å². The summed E-state index contributed by atoms with van der Waals surface area (Å²) in [6.07, 6.45) is 1.45. The van der Waals surface area contributed by atoms with Crippen LogP contribution < -0.4 is 10.1 Å². The van der Waals surface area contributed by atoms with Crippen molar-refractivity contribution in [3.8, 4) is 5.75 Å². The molecule has 2 aliphatic heterocycles. The number of nitrogens with one attached hydrogen (secondary N) is 1. The number of nitrogens with zero attached hydrogens (tertiary/aromatic N) is 2. The summed E-state index contributed by atoms with van der Waals surface area (Å²) in [6, 6.07) is 11.5. The number of halogens is 2. The first-order chi connectivity index (χ1) is 13.6. The minimum atomic E-state index is -0.718. The molecule has 7 heteroatoms.